The molecule has 20 heavy (non-hydrogen) atoms. The molecule has 0 aromatic carbocycles. The lowest BCUT2D eigenvalue weighted by atomic mass is 9.83. The Morgan fingerprint density at radius 3 is 2.35 bits per heavy atom. The molecular formula is C16H33N3O. The van der Waals surface area contributed by atoms with Crippen molar-refractivity contribution in [1.29, 1.82) is 0 Å². The molecule has 1 fully saturated rings. The Labute approximate surface area is 124 Å². The van der Waals surface area contributed by atoms with E-state index < -0.39 is 0 Å². The molecule has 1 saturated carbocycles. The Morgan fingerprint density at radius 2 is 1.85 bits per heavy atom. The van der Waals surface area contributed by atoms with E-state index in [1.54, 1.807) is 0 Å². The average Bonchev–Trinajstić information content (AvgIpc) is 2.38. The molecule has 4 heteroatoms. The van der Waals surface area contributed by atoms with Crippen molar-refractivity contribution in [3.8, 4) is 0 Å². The molecule has 1 amide bonds. The fraction of sp³-hybridized carbons (Fsp3) is 0.938. The van der Waals surface area contributed by atoms with E-state index >= 15 is 0 Å². The molecule has 4 nitrogen and oxygen atoms in total. The summed E-state index contributed by atoms with van der Waals surface area (Å²) in [5, 5.41) is 0. The minimum absolute atomic E-state index is 0.294. The average molecular weight is 283 g/mol. The SMILES string of the molecule is CCN(C(=O)CCC1CCC(N)CC1)C(C)CN(C)C. The molecular weight excluding hydrogens is 250 g/mol. The van der Waals surface area contributed by atoms with Crippen molar-refractivity contribution in [2.45, 2.75) is 64.5 Å². The van der Waals surface area contributed by atoms with Crippen molar-refractivity contribution in [3.63, 3.8) is 0 Å². The quantitative estimate of drug-likeness (QED) is 0.778. The number of hydrogen-bond donors (Lipinski definition) is 1. The van der Waals surface area contributed by atoms with Gasteiger partial charge in [-0.3, -0.25) is 4.79 Å². The maximum atomic E-state index is 12.4. The van der Waals surface area contributed by atoms with Gasteiger partial charge in [0.2, 0.25) is 5.91 Å². The van der Waals surface area contributed by atoms with Crippen LogP contribution in [0.5, 0.6) is 0 Å². The topological polar surface area (TPSA) is 49.6 Å². The monoisotopic (exact) mass is 283 g/mol. The van der Waals surface area contributed by atoms with E-state index in [0.29, 0.717) is 30.3 Å². The predicted molar refractivity (Wildman–Crippen MR) is 84.6 cm³/mol. The number of carbonyl (C=O) groups excluding carboxylic acids is 1. The Hall–Kier alpha value is -0.610. The largest absolute Gasteiger partial charge is 0.339 e. The molecule has 1 aliphatic rings. The molecule has 0 aromatic rings. The standard InChI is InChI=1S/C16H33N3O/c1-5-19(13(2)12-18(3)4)16(20)11-8-14-6-9-15(17)10-7-14/h13-15H,5-12,17H2,1-4H3. The van der Waals surface area contributed by atoms with Gasteiger partial charge in [-0.2, -0.15) is 0 Å². The maximum Gasteiger partial charge on any atom is 0.222 e. The second-order valence-corrected chi connectivity index (χ2v) is 6.61. The number of nitrogens with two attached hydrogens (primary N) is 1. The summed E-state index contributed by atoms with van der Waals surface area (Å²) in [7, 11) is 4.11. The van der Waals surface area contributed by atoms with Gasteiger partial charge in [0.25, 0.3) is 0 Å². The molecule has 2 N–H and O–H groups in total. The van der Waals surface area contributed by atoms with Gasteiger partial charge >= 0.3 is 0 Å². The summed E-state index contributed by atoms with van der Waals surface area (Å²) in [4.78, 5) is 16.6. The zero-order valence-electron chi connectivity index (χ0n) is 13.8. The van der Waals surface area contributed by atoms with E-state index in [1.165, 1.54) is 12.8 Å². The normalized spacial score (nSPS) is 24.7. The molecule has 0 spiro atoms. The summed E-state index contributed by atoms with van der Waals surface area (Å²) >= 11 is 0. The zero-order valence-corrected chi connectivity index (χ0v) is 13.8. The third kappa shape index (κ3) is 5.80. The molecule has 0 aromatic heterocycles. The molecule has 0 heterocycles. The summed E-state index contributed by atoms with van der Waals surface area (Å²) in [5.41, 5.74) is 5.93. The molecule has 0 aliphatic heterocycles. The highest BCUT2D eigenvalue weighted by Gasteiger charge is 2.22. The lowest BCUT2D eigenvalue weighted by Crippen LogP contribution is -2.43. The molecule has 1 rings (SSSR count). The van der Waals surface area contributed by atoms with Crippen molar-refractivity contribution < 1.29 is 4.79 Å². The predicted octanol–water partition coefficient (Wildman–Crippen LogP) is 2.08. The van der Waals surface area contributed by atoms with Crippen LogP contribution in [0.3, 0.4) is 0 Å². The van der Waals surface area contributed by atoms with E-state index in [2.05, 4.69) is 32.8 Å². The van der Waals surface area contributed by atoms with Gasteiger partial charge in [0.05, 0.1) is 0 Å². The highest BCUT2D eigenvalue weighted by Crippen LogP contribution is 2.27. The van der Waals surface area contributed by atoms with Crippen molar-refractivity contribution in [2.75, 3.05) is 27.2 Å². The molecule has 1 unspecified atom stereocenters. The van der Waals surface area contributed by atoms with Crippen LogP contribution in [0, 0.1) is 5.92 Å². The number of likely N-dealkylation sites (N-methyl/N-ethyl adjacent to an activating group) is 2. The van der Waals surface area contributed by atoms with Crippen molar-refractivity contribution in [2.24, 2.45) is 11.7 Å². The van der Waals surface area contributed by atoms with E-state index in [0.717, 1.165) is 32.4 Å². The third-order valence-corrected chi connectivity index (χ3v) is 4.48. The highest BCUT2D eigenvalue weighted by molar-refractivity contribution is 5.76. The first-order valence-corrected chi connectivity index (χ1v) is 8.13. The third-order valence-electron chi connectivity index (χ3n) is 4.48. The van der Waals surface area contributed by atoms with Crippen LogP contribution in [0.25, 0.3) is 0 Å². The second-order valence-electron chi connectivity index (χ2n) is 6.61. The Bertz CT molecular complexity index is 285. The second kappa shape index (κ2) is 8.63. The van der Waals surface area contributed by atoms with Crippen LogP contribution in [0.15, 0.2) is 0 Å². The molecule has 0 saturated heterocycles. The van der Waals surface area contributed by atoms with Crippen LogP contribution in [-0.2, 0) is 4.79 Å². The molecule has 1 atom stereocenters. The van der Waals surface area contributed by atoms with E-state index in [4.69, 9.17) is 5.73 Å². The van der Waals surface area contributed by atoms with Crippen LogP contribution in [-0.4, -0.2) is 55.0 Å². The van der Waals surface area contributed by atoms with Gasteiger partial charge in [0.1, 0.15) is 0 Å². The Morgan fingerprint density at radius 1 is 1.25 bits per heavy atom. The van der Waals surface area contributed by atoms with Crippen molar-refractivity contribution in [3.05, 3.63) is 0 Å². The number of hydrogen-bond acceptors (Lipinski definition) is 3. The number of nitrogens with zero attached hydrogens (tertiary/aromatic N) is 2. The van der Waals surface area contributed by atoms with Gasteiger partial charge in [0.15, 0.2) is 0 Å². The minimum atomic E-state index is 0.294. The van der Waals surface area contributed by atoms with Crippen molar-refractivity contribution >= 4 is 5.91 Å². The van der Waals surface area contributed by atoms with Gasteiger partial charge in [-0.25, -0.2) is 0 Å². The van der Waals surface area contributed by atoms with Gasteiger partial charge in [-0.15, -0.1) is 0 Å². The lowest BCUT2D eigenvalue weighted by Gasteiger charge is -2.31. The first-order valence-electron chi connectivity index (χ1n) is 8.13. The first kappa shape index (κ1) is 17.4. The van der Waals surface area contributed by atoms with Gasteiger partial charge in [-0.05, 0) is 66.0 Å². The molecule has 0 bridgehead atoms. The van der Waals surface area contributed by atoms with Crippen molar-refractivity contribution in [1.82, 2.24) is 9.80 Å². The summed E-state index contributed by atoms with van der Waals surface area (Å²) in [5.74, 6) is 1.03. The van der Waals surface area contributed by atoms with Crippen LogP contribution in [0.2, 0.25) is 0 Å². The smallest absolute Gasteiger partial charge is 0.222 e. The lowest BCUT2D eigenvalue weighted by molar-refractivity contribution is -0.133. The molecule has 0 radical (unpaired) electrons. The zero-order chi connectivity index (χ0) is 15.1. The summed E-state index contributed by atoms with van der Waals surface area (Å²) in [6.07, 6.45) is 6.41. The number of amides is 1. The number of rotatable bonds is 7. The Balaban J connectivity index is 2.35. The molecule has 118 valence electrons. The summed E-state index contributed by atoms with van der Waals surface area (Å²) in [6.45, 7) is 5.95. The van der Waals surface area contributed by atoms with Gasteiger partial charge < -0.3 is 15.5 Å². The van der Waals surface area contributed by atoms with Gasteiger partial charge in [0, 0.05) is 31.6 Å². The van der Waals surface area contributed by atoms with Crippen LogP contribution >= 0.6 is 0 Å². The fourth-order valence-corrected chi connectivity index (χ4v) is 3.31. The van der Waals surface area contributed by atoms with E-state index in [-0.39, 0.29) is 0 Å². The fourth-order valence-electron chi connectivity index (χ4n) is 3.31. The molecule has 1 aliphatic carbocycles. The Kier molecular flexibility index (Phi) is 7.52. The highest BCUT2D eigenvalue weighted by atomic mass is 16.2. The van der Waals surface area contributed by atoms with Crippen LogP contribution in [0.4, 0.5) is 0 Å². The first-order chi connectivity index (χ1) is 9.43. The summed E-state index contributed by atoms with van der Waals surface area (Å²) in [6, 6.07) is 0.691. The van der Waals surface area contributed by atoms with Crippen LogP contribution in [0.1, 0.15) is 52.4 Å². The van der Waals surface area contributed by atoms with E-state index in [1.807, 2.05) is 4.90 Å². The maximum absolute atomic E-state index is 12.4. The van der Waals surface area contributed by atoms with Crippen LogP contribution < -0.4 is 5.73 Å². The summed E-state index contributed by atoms with van der Waals surface area (Å²) < 4.78 is 0. The number of carbonyl (C=O) groups is 1. The van der Waals surface area contributed by atoms with E-state index in [9.17, 15) is 4.79 Å². The minimum Gasteiger partial charge on any atom is -0.339 e. The van der Waals surface area contributed by atoms with Gasteiger partial charge in [-0.1, -0.05) is 0 Å².